The van der Waals surface area contributed by atoms with Crippen molar-refractivity contribution in [1.29, 1.82) is 5.26 Å². The van der Waals surface area contributed by atoms with Crippen LogP contribution in [0.5, 0.6) is 11.5 Å². The summed E-state index contributed by atoms with van der Waals surface area (Å²) in [6, 6.07) is 9.97. The van der Waals surface area contributed by atoms with Crippen molar-refractivity contribution in [3.63, 3.8) is 0 Å². The maximum absolute atomic E-state index is 12.5. The van der Waals surface area contributed by atoms with E-state index in [0.29, 0.717) is 36.0 Å². The number of aliphatic carboxylic acids is 2. The molecular weight excluding hydrogens is 442 g/mol. The lowest BCUT2D eigenvalue weighted by molar-refractivity contribution is -0.138. The molecule has 0 aliphatic carbocycles. The van der Waals surface area contributed by atoms with Gasteiger partial charge < -0.3 is 30.3 Å². The van der Waals surface area contributed by atoms with Gasteiger partial charge in [-0.15, -0.1) is 0 Å². The van der Waals surface area contributed by atoms with Crippen molar-refractivity contribution in [2.24, 2.45) is 0 Å². The first kappa shape index (κ1) is 26.0. The van der Waals surface area contributed by atoms with Gasteiger partial charge in [-0.05, 0) is 50.6 Å². The Hall–Kier alpha value is -4.26. The third-order valence-electron chi connectivity index (χ3n) is 4.67. The van der Waals surface area contributed by atoms with Crippen molar-refractivity contribution in [2.45, 2.75) is 39.2 Å². The summed E-state index contributed by atoms with van der Waals surface area (Å²) in [7, 11) is 0. The predicted octanol–water partition coefficient (Wildman–Crippen LogP) is 3.79. The highest BCUT2D eigenvalue weighted by atomic mass is 16.5. The summed E-state index contributed by atoms with van der Waals surface area (Å²) in [5, 5.41) is 33.3. The van der Waals surface area contributed by atoms with Crippen LogP contribution in [-0.2, 0) is 14.4 Å². The van der Waals surface area contributed by atoms with E-state index < -0.39 is 23.9 Å². The average molecular weight is 469 g/mol. The normalized spacial score (nSPS) is 11.1. The number of amides is 1. The van der Waals surface area contributed by atoms with Crippen LogP contribution in [0.2, 0.25) is 0 Å². The maximum Gasteiger partial charge on any atom is 0.330 e. The highest BCUT2D eigenvalue weighted by Gasteiger charge is 2.26. The number of rotatable bonds is 13. The molecule has 4 N–H and O–H groups in total. The van der Waals surface area contributed by atoms with Crippen LogP contribution in [0.15, 0.2) is 36.4 Å². The fourth-order valence-electron chi connectivity index (χ4n) is 3.15. The SMILES string of the molecule is CCOc1cc(NC(=O)CCCC(=O)O)c(C(Nc2ccc(C#N)cc2)C(=O)O)cc1OCC. The maximum atomic E-state index is 12.5. The quantitative estimate of drug-likeness (QED) is 0.342. The number of benzene rings is 2. The van der Waals surface area contributed by atoms with Gasteiger partial charge in [0, 0.05) is 30.2 Å². The van der Waals surface area contributed by atoms with Crippen LogP contribution in [0.25, 0.3) is 0 Å². The van der Waals surface area contributed by atoms with E-state index in [9.17, 15) is 19.5 Å². The molecule has 10 heteroatoms. The Morgan fingerprint density at radius 2 is 1.62 bits per heavy atom. The molecule has 2 rings (SSSR count). The zero-order valence-electron chi connectivity index (χ0n) is 19.0. The van der Waals surface area contributed by atoms with E-state index in [1.54, 1.807) is 38.1 Å². The zero-order chi connectivity index (χ0) is 25.1. The van der Waals surface area contributed by atoms with Crippen molar-refractivity contribution in [3.8, 4) is 17.6 Å². The molecule has 2 aromatic rings. The molecule has 1 atom stereocenters. The van der Waals surface area contributed by atoms with Gasteiger partial charge in [0.2, 0.25) is 5.91 Å². The molecule has 0 aliphatic heterocycles. The topological polar surface area (TPSA) is 158 Å². The molecule has 180 valence electrons. The molecule has 1 unspecified atom stereocenters. The van der Waals surface area contributed by atoms with Crippen molar-refractivity contribution in [1.82, 2.24) is 0 Å². The molecule has 0 spiro atoms. The van der Waals surface area contributed by atoms with Gasteiger partial charge >= 0.3 is 11.9 Å². The predicted molar refractivity (Wildman–Crippen MR) is 124 cm³/mol. The number of nitrogens with zero attached hydrogens (tertiary/aromatic N) is 1. The summed E-state index contributed by atoms with van der Waals surface area (Å²) in [6.07, 6.45) is -0.0762. The molecule has 0 heterocycles. The Morgan fingerprint density at radius 1 is 1.00 bits per heavy atom. The number of nitriles is 1. The van der Waals surface area contributed by atoms with Crippen LogP contribution >= 0.6 is 0 Å². The monoisotopic (exact) mass is 469 g/mol. The Morgan fingerprint density at radius 3 is 2.15 bits per heavy atom. The first-order chi connectivity index (χ1) is 16.3. The van der Waals surface area contributed by atoms with E-state index in [2.05, 4.69) is 10.6 Å². The Bertz CT molecular complexity index is 1060. The molecule has 0 saturated carbocycles. The summed E-state index contributed by atoms with van der Waals surface area (Å²) < 4.78 is 11.2. The van der Waals surface area contributed by atoms with Gasteiger partial charge in [0.05, 0.1) is 30.5 Å². The number of nitrogens with one attached hydrogen (secondary N) is 2. The molecule has 0 aromatic heterocycles. The third-order valence-corrected chi connectivity index (χ3v) is 4.67. The van der Waals surface area contributed by atoms with Crippen LogP contribution in [0.1, 0.15) is 50.3 Å². The Balaban J connectivity index is 2.47. The molecular formula is C24H27N3O7. The van der Waals surface area contributed by atoms with Crippen molar-refractivity contribution in [2.75, 3.05) is 23.8 Å². The van der Waals surface area contributed by atoms with Gasteiger partial charge in [0.25, 0.3) is 0 Å². The minimum Gasteiger partial charge on any atom is -0.490 e. The van der Waals surface area contributed by atoms with E-state index in [0.717, 1.165) is 0 Å². The van der Waals surface area contributed by atoms with Crippen LogP contribution in [0.3, 0.4) is 0 Å². The second kappa shape index (κ2) is 12.7. The van der Waals surface area contributed by atoms with Gasteiger partial charge in [-0.25, -0.2) is 4.79 Å². The van der Waals surface area contributed by atoms with E-state index >= 15 is 0 Å². The first-order valence-corrected chi connectivity index (χ1v) is 10.7. The summed E-state index contributed by atoms with van der Waals surface area (Å²) in [6.45, 7) is 4.18. The molecule has 10 nitrogen and oxygen atoms in total. The standard InChI is InChI=1S/C24H27N3O7/c1-3-33-19-12-17(23(24(31)32)26-16-10-8-15(14-25)9-11-16)18(13-20(19)34-4-2)27-21(28)6-5-7-22(29)30/h8-13,23,26H,3-7H2,1-2H3,(H,27,28)(H,29,30)(H,31,32). The minimum atomic E-state index is -1.28. The van der Waals surface area contributed by atoms with Gasteiger partial charge in [0.15, 0.2) is 17.5 Å². The van der Waals surface area contributed by atoms with E-state index in [4.69, 9.17) is 19.8 Å². The largest absolute Gasteiger partial charge is 0.490 e. The Labute approximate surface area is 197 Å². The number of hydrogen-bond donors (Lipinski definition) is 4. The lowest BCUT2D eigenvalue weighted by Crippen LogP contribution is -2.23. The fourth-order valence-corrected chi connectivity index (χ4v) is 3.15. The van der Waals surface area contributed by atoms with Crippen LogP contribution < -0.4 is 20.1 Å². The summed E-state index contributed by atoms with van der Waals surface area (Å²) in [4.78, 5) is 35.4. The van der Waals surface area contributed by atoms with Crippen LogP contribution in [-0.4, -0.2) is 41.3 Å². The average Bonchev–Trinajstić information content (AvgIpc) is 2.79. The summed E-state index contributed by atoms with van der Waals surface area (Å²) in [5.74, 6) is -2.03. The van der Waals surface area contributed by atoms with Crippen LogP contribution in [0, 0.1) is 11.3 Å². The molecule has 0 bridgehead atoms. The minimum absolute atomic E-state index is 0.0519. The summed E-state index contributed by atoms with van der Waals surface area (Å²) >= 11 is 0. The van der Waals surface area contributed by atoms with Gasteiger partial charge in [0.1, 0.15) is 0 Å². The molecule has 0 radical (unpaired) electrons. The number of carbonyl (C=O) groups excluding carboxylic acids is 1. The number of ether oxygens (including phenoxy) is 2. The Kier molecular flexibility index (Phi) is 9.71. The van der Waals surface area contributed by atoms with Gasteiger partial charge in [-0.1, -0.05) is 0 Å². The summed E-state index contributed by atoms with van der Waals surface area (Å²) in [5.41, 5.74) is 1.29. The second-order valence-electron chi connectivity index (χ2n) is 7.15. The number of carboxylic acid groups (broad SMARTS) is 2. The molecule has 0 aliphatic rings. The van der Waals surface area contributed by atoms with E-state index in [1.165, 1.54) is 12.1 Å². The van der Waals surface area contributed by atoms with E-state index in [-0.39, 0.29) is 30.5 Å². The van der Waals surface area contributed by atoms with Crippen molar-refractivity contribution >= 4 is 29.2 Å². The van der Waals surface area contributed by atoms with Crippen molar-refractivity contribution in [3.05, 3.63) is 47.5 Å². The highest BCUT2D eigenvalue weighted by Crippen LogP contribution is 2.38. The van der Waals surface area contributed by atoms with E-state index in [1.807, 2.05) is 6.07 Å². The molecule has 2 aromatic carbocycles. The van der Waals surface area contributed by atoms with Crippen LogP contribution in [0.4, 0.5) is 11.4 Å². The van der Waals surface area contributed by atoms with Crippen molar-refractivity contribution < 1.29 is 34.1 Å². The molecule has 1 amide bonds. The highest BCUT2D eigenvalue weighted by molar-refractivity contribution is 5.94. The van der Waals surface area contributed by atoms with Gasteiger partial charge in [-0.2, -0.15) is 5.26 Å². The van der Waals surface area contributed by atoms with Gasteiger partial charge in [-0.3, -0.25) is 9.59 Å². The smallest absolute Gasteiger partial charge is 0.330 e. The fraction of sp³-hybridized carbons (Fsp3) is 0.333. The second-order valence-corrected chi connectivity index (χ2v) is 7.15. The molecule has 34 heavy (non-hydrogen) atoms. The number of carboxylic acids is 2. The lowest BCUT2D eigenvalue weighted by atomic mass is 10.0. The molecule has 0 fully saturated rings. The molecule has 0 saturated heterocycles. The zero-order valence-corrected chi connectivity index (χ0v) is 19.0. The number of anilines is 2. The first-order valence-electron chi connectivity index (χ1n) is 10.7. The number of carbonyl (C=O) groups is 3. The lowest BCUT2D eigenvalue weighted by Gasteiger charge is -2.22. The third kappa shape index (κ3) is 7.41. The number of hydrogen-bond acceptors (Lipinski definition) is 7.